The SMILES string of the molecule is O=C(NC1CC12CCC(CCN1CCC(c3cccc4c3OCO4)CC1)CC2)C1(O)CC1. The lowest BCUT2D eigenvalue weighted by Gasteiger charge is -2.35. The minimum atomic E-state index is -1.03. The summed E-state index contributed by atoms with van der Waals surface area (Å²) in [5.41, 5.74) is 0.643. The molecule has 2 aliphatic heterocycles. The van der Waals surface area contributed by atoms with Gasteiger partial charge in [-0.05, 0) is 107 Å². The third kappa shape index (κ3) is 3.90. The summed E-state index contributed by atoms with van der Waals surface area (Å²) in [7, 11) is 0. The molecule has 32 heavy (non-hydrogen) atoms. The Morgan fingerprint density at radius 1 is 1.09 bits per heavy atom. The smallest absolute Gasteiger partial charge is 0.252 e. The molecule has 6 heteroatoms. The van der Waals surface area contributed by atoms with Crippen LogP contribution in [-0.2, 0) is 4.79 Å². The van der Waals surface area contributed by atoms with E-state index < -0.39 is 5.60 Å². The number of fused-ring (bicyclic) bond motifs is 1. The van der Waals surface area contributed by atoms with Crippen LogP contribution in [0.2, 0.25) is 0 Å². The molecule has 1 aromatic carbocycles. The first-order chi connectivity index (χ1) is 15.5. The molecule has 6 rings (SSSR count). The number of carbonyl (C=O) groups is 1. The summed E-state index contributed by atoms with van der Waals surface area (Å²) in [6.45, 7) is 3.90. The first-order valence-electron chi connectivity index (χ1n) is 12.7. The highest BCUT2D eigenvalue weighted by Crippen LogP contribution is 2.58. The first kappa shape index (κ1) is 20.8. The number of aliphatic hydroxyl groups is 1. The molecule has 2 heterocycles. The van der Waals surface area contributed by atoms with Gasteiger partial charge in [-0.2, -0.15) is 0 Å². The van der Waals surface area contributed by atoms with Crippen molar-refractivity contribution >= 4 is 5.91 Å². The summed E-state index contributed by atoms with van der Waals surface area (Å²) >= 11 is 0. The second-order valence-corrected chi connectivity index (χ2v) is 11.1. The fraction of sp³-hybridized carbons (Fsp3) is 0.731. The molecule has 3 aliphatic carbocycles. The van der Waals surface area contributed by atoms with E-state index in [0.717, 1.165) is 23.8 Å². The number of carbonyl (C=O) groups excluding carboxylic acids is 1. The number of likely N-dealkylation sites (tertiary alicyclic amines) is 1. The second kappa shape index (κ2) is 7.91. The van der Waals surface area contributed by atoms with Crippen molar-refractivity contribution in [1.29, 1.82) is 0 Å². The van der Waals surface area contributed by atoms with E-state index >= 15 is 0 Å². The standard InChI is InChI=1S/C26H36N2O4/c29-24(26(30)11-12-26)27-22-16-25(22)9-4-18(5-10-25)6-13-28-14-7-19(8-15-28)20-2-1-3-21-23(20)32-17-31-21/h1-3,18-19,22,30H,4-17H2,(H,27,29). The number of para-hydroxylation sites is 1. The molecule has 1 spiro atoms. The van der Waals surface area contributed by atoms with Crippen LogP contribution in [-0.4, -0.2) is 54.0 Å². The number of rotatable bonds is 6. The predicted octanol–water partition coefficient (Wildman–Crippen LogP) is 3.57. The Morgan fingerprint density at radius 3 is 2.62 bits per heavy atom. The zero-order chi connectivity index (χ0) is 21.8. The maximum Gasteiger partial charge on any atom is 0.252 e. The van der Waals surface area contributed by atoms with E-state index in [1.807, 2.05) is 6.07 Å². The van der Waals surface area contributed by atoms with Gasteiger partial charge in [0.05, 0.1) is 0 Å². The van der Waals surface area contributed by atoms with Crippen LogP contribution >= 0.6 is 0 Å². The van der Waals surface area contributed by atoms with Crippen molar-refractivity contribution in [2.24, 2.45) is 11.3 Å². The van der Waals surface area contributed by atoms with Crippen LogP contribution in [0.4, 0.5) is 0 Å². The molecule has 0 aromatic heterocycles. The van der Waals surface area contributed by atoms with E-state index in [9.17, 15) is 9.90 Å². The Labute approximate surface area is 190 Å². The van der Waals surface area contributed by atoms with Crippen molar-refractivity contribution in [3.63, 3.8) is 0 Å². The van der Waals surface area contributed by atoms with Crippen molar-refractivity contribution in [3.8, 4) is 11.5 Å². The van der Waals surface area contributed by atoms with Crippen LogP contribution in [0.3, 0.4) is 0 Å². The molecule has 4 fully saturated rings. The van der Waals surface area contributed by atoms with E-state index in [4.69, 9.17) is 9.47 Å². The molecule has 1 aromatic rings. The van der Waals surface area contributed by atoms with E-state index in [2.05, 4.69) is 22.3 Å². The fourth-order valence-electron chi connectivity index (χ4n) is 6.39. The maximum absolute atomic E-state index is 12.1. The van der Waals surface area contributed by atoms with E-state index in [1.165, 1.54) is 70.1 Å². The van der Waals surface area contributed by atoms with Gasteiger partial charge in [-0.3, -0.25) is 4.79 Å². The van der Waals surface area contributed by atoms with Crippen molar-refractivity contribution in [3.05, 3.63) is 23.8 Å². The van der Waals surface area contributed by atoms with Crippen molar-refractivity contribution in [2.45, 2.75) is 81.8 Å². The molecule has 6 nitrogen and oxygen atoms in total. The molecular formula is C26H36N2O4. The van der Waals surface area contributed by atoms with Gasteiger partial charge in [-0.1, -0.05) is 12.1 Å². The number of ether oxygens (including phenoxy) is 2. The van der Waals surface area contributed by atoms with Gasteiger partial charge in [0.15, 0.2) is 11.5 Å². The number of nitrogens with zero attached hydrogens (tertiary/aromatic N) is 1. The number of nitrogens with one attached hydrogen (secondary N) is 1. The van der Waals surface area contributed by atoms with Gasteiger partial charge in [0.1, 0.15) is 5.60 Å². The van der Waals surface area contributed by atoms with Gasteiger partial charge in [0.2, 0.25) is 6.79 Å². The Morgan fingerprint density at radius 2 is 1.88 bits per heavy atom. The first-order valence-corrected chi connectivity index (χ1v) is 12.7. The molecule has 1 atom stereocenters. The van der Waals surface area contributed by atoms with Crippen molar-refractivity contribution in [2.75, 3.05) is 26.4 Å². The highest BCUT2D eigenvalue weighted by molar-refractivity contribution is 5.88. The van der Waals surface area contributed by atoms with Gasteiger partial charge in [-0.15, -0.1) is 0 Å². The van der Waals surface area contributed by atoms with Crippen molar-refractivity contribution in [1.82, 2.24) is 10.2 Å². The molecule has 1 amide bonds. The average molecular weight is 441 g/mol. The molecule has 1 saturated heterocycles. The molecular weight excluding hydrogens is 404 g/mol. The molecule has 1 unspecified atom stereocenters. The molecule has 5 aliphatic rings. The third-order valence-corrected chi connectivity index (χ3v) is 9.05. The largest absolute Gasteiger partial charge is 0.454 e. The van der Waals surface area contributed by atoms with Gasteiger partial charge < -0.3 is 24.8 Å². The maximum atomic E-state index is 12.1. The minimum absolute atomic E-state index is 0.121. The Hall–Kier alpha value is -1.79. The lowest BCUT2D eigenvalue weighted by molar-refractivity contribution is -0.131. The zero-order valence-corrected chi connectivity index (χ0v) is 19.0. The van der Waals surface area contributed by atoms with Gasteiger partial charge in [0.25, 0.3) is 5.91 Å². The molecule has 174 valence electrons. The van der Waals surface area contributed by atoms with Gasteiger partial charge in [0, 0.05) is 11.6 Å². The number of hydrogen-bond acceptors (Lipinski definition) is 5. The van der Waals surface area contributed by atoms with E-state index in [0.29, 0.717) is 37.0 Å². The lowest BCUT2D eigenvalue weighted by atomic mass is 9.78. The quantitative estimate of drug-likeness (QED) is 0.708. The van der Waals surface area contributed by atoms with Crippen molar-refractivity contribution < 1.29 is 19.4 Å². The summed E-state index contributed by atoms with van der Waals surface area (Å²) < 4.78 is 11.3. The highest BCUT2D eigenvalue weighted by Gasteiger charge is 2.58. The number of piperidine rings is 1. The number of amides is 1. The van der Waals surface area contributed by atoms with Gasteiger partial charge >= 0.3 is 0 Å². The predicted molar refractivity (Wildman–Crippen MR) is 121 cm³/mol. The van der Waals surface area contributed by atoms with Crippen LogP contribution in [0.15, 0.2) is 18.2 Å². The Bertz CT molecular complexity index is 867. The fourth-order valence-corrected chi connectivity index (χ4v) is 6.39. The van der Waals surface area contributed by atoms with Crippen LogP contribution in [0.1, 0.15) is 75.7 Å². The van der Waals surface area contributed by atoms with Crippen LogP contribution in [0.5, 0.6) is 11.5 Å². The van der Waals surface area contributed by atoms with Crippen LogP contribution in [0, 0.1) is 11.3 Å². The normalized spacial score (nSPS) is 33.3. The van der Waals surface area contributed by atoms with Crippen LogP contribution in [0.25, 0.3) is 0 Å². The van der Waals surface area contributed by atoms with Gasteiger partial charge in [-0.25, -0.2) is 0 Å². The molecule has 2 N–H and O–H groups in total. The topological polar surface area (TPSA) is 71.0 Å². The minimum Gasteiger partial charge on any atom is -0.454 e. The van der Waals surface area contributed by atoms with E-state index in [1.54, 1.807) is 0 Å². The molecule has 0 bridgehead atoms. The lowest BCUT2D eigenvalue weighted by Crippen LogP contribution is -2.40. The summed E-state index contributed by atoms with van der Waals surface area (Å²) in [6, 6.07) is 6.62. The summed E-state index contributed by atoms with van der Waals surface area (Å²) in [5.74, 6) is 3.16. The molecule has 0 radical (unpaired) electrons. The van der Waals surface area contributed by atoms with Crippen LogP contribution < -0.4 is 14.8 Å². The monoisotopic (exact) mass is 440 g/mol. The summed E-state index contributed by atoms with van der Waals surface area (Å²) in [4.78, 5) is 14.8. The second-order valence-electron chi connectivity index (χ2n) is 11.1. The third-order valence-electron chi connectivity index (χ3n) is 9.05. The average Bonchev–Trinajstić information content (AvgIpc) is 3.65. The summed E-state index contributed by atoms with van der Waals surface area (Å²) in [6.07, 6.45) is 11.1. The zero-order valence-electron chi connectivity index (χ0n) is 19.0. The number of hydrogen-bond donors (Lipinski definition) is 2. The van der Waals surface area contributed by atoms with E-state index in [-0.39, 0.29) is 5.91 Å². The summed E-state index contributed by atoms with van der Waals surface area (Å²) in [5, 5.41) is 13.1. The Balaban J connectivity index is 0.923. The molecule has 3 saturated carbocycles. The Kier molecular flexibility index (Phi) is 5.14. The number of benzene rings is 1. The highest BCUT2D eigenvalue weighted by atomic mass is 16.7.